The van der Waals surface area contributed by atoms with Gasteiger partial charge in [0.1, 0.15) is 5.75 Å². The number of nitrogens with zero attached hydrogens (tertiary/aromatic N) is 1. The number of aromatic nitrogens is 1. The van der Waals surface area contributed by atoms with Gasteiger partial charge in [0, 0.05) is 34.2 Å². The second-order valence-corrected chi connectivity index (χ2v) is 6.39. The van der Waals surface area contributed by atoms with Crippen molar-refractivity contribution in [2.24, 2.45) is 0 Å². The Hall–Kier alpha value is -0.430. The SMILES string of the molecule is COc1c(Br)cc(Br)cc1CNCc1cncs1. The molecule has 1 heterocycles. The molecule has 0 atom stereocenters. The van der Waals surface area contributed by atoms with Gasteiger partial charge < -0.3 is 10.1 Å². The van der Waals surface area contributed by atoms with Gasteiger partial charge >= 0.3 is 0 Å². The predicted octanol–water partition coefficient (Wildman–Crippen LogP) is 3.97. The van der Waals surface area contributed by atoms with Crippen LogP contribution in [0.15, 0.2) is 32.8 Å². The van der Waals surface area contributed by atoms with Gasteiger partial charge in [-0.15, -0.1) is 11.3 Å². The molecule has 0 bridgehead atoms. The van der Waals surface area contributed by atoms with E-state index in [1.165, 1.54) is 4.88 Å². The number of halogens is 2. The molecule has 0 spiro atoms. The van der Waals surface area contributed by atoms with Crippen LogP contribution < -0.4 is 10.1 Å². The molecule has 0 aliphatic carbocycles. The van der Waals surface area contributed by atoms with Gasteiger partial charge in [0.25, 0.3) is 0 Å². The van der Waals surface area contributed by atoms with Crippen LogP contribution in [0, 0.1) is 0 Å². The van der Waals surface area contributed by atoms with E-state index in [-0.39, 0.29) is 0 Å². The smallest absolute Gasteiger partial charge is 0.137 e. The lowest BCUT2D eigenvalue weighted by molar-refractivity contribution is 0.405. The highest BCUT2D eigenvalue weighted by Gasteiger charge is 2.09. The van der Waals surface area contributed by atoms with Crippen molar-refractivity contribution in [3.63, 3.8) is 0 Å². The molecule has 1 aromatic heterocycles. The second kappa shape index (κ2) is 6.65. The number of ether oxygens (including phenoxy) is 1. The van der Waals surface area contributed by atoms with E-state index in [2.05, 4.69) is 48.2 Å². The van der Waals surface area contributed by atoms with Crippen LogP contribution in [0.5, 0.6) is 5.75 Å². The molecule has 0 radical (unpaired) electrons. The lowest BCUT2D eigenvalue weighted by Crippen LogP contribution is -2.12. The fraction of sp³-hybridized carbons (Fsp3) is 0.250. The van der Waals surface area contributed by atoms with E-state index in [0.717, 1.165) is 33.3 Å². The number of nitrogens with one attached hydrogen (secondary N) is 1. The van der Waals surface area contributed by atoms with Gasteiger partial charge in [-0.1, -0.05) is 15.9 Å². The van der Waals surface area contributed by atoms with Gasteiger partial charge in [-0.2, -0.15) is 0 Å². The summed E-state index contributed by atoms with van der Waals surface area (Å²) >= 11 is 8.63. The molecule has 1 N–H and O–H groups in total. The van der Waals surface area contributed by atoms with Gasteiger partial charge in [0.05, 0.1) is 17.1 Å². The Bertz CT molecular complexity index is 517. The highest BCUT2D eigenvalue weighted by atomic mass is 79.9. The first-order chi connectivity index (χ1) is 8.70. The topological polar surface area (TPSA) is 34.1 Å². The summed E-state index contributed by atoms with van der Waals surface area (Å²) in [5.74, 6) is 0.870. The summed E-state index contributed by atoms with van der Waals surface area (Å²) in [5, 5.41) is 3.38. The van der Waals surface area contributed by atoms with E-state index in [9.17, 15) is 0 Å². The summed E-state index contributed by atoms with van der Waals surface area (Å²) in [5.41, 5.74) is 2.95. The van der Waals surface area contributed by atoms with Crippen LogP contribution in [0.1, 0.15) is 10.4 Å². The summed E-state index contributed by atoms with van der Waals surface area (Å²) in [6.07, 6.45) is 1.88. The zero-order valence-electron chi connectivity index (χ0n) is 9.74. The Kier molecular flexibility index (Phi) is 5.17. The zero-order valence-corrected chi connectivity index (χ0v) is 13.7. The summed E-state index contributed by atoms with van der Waals surface area (Å²) in [4.78, 5) is 5.27. The summed E-state index contributed by atoms with van der Waals surface area (Å²) < 4.78 is 7.39. The molecule has 18 heavy (non-hydrogen) atoms. The second-order valence-electron chi connectivity index (χ2n) is 3.65. The average molecular weight is 392 g/mol. The average Bonchev–Trinajstić information content (AvgIpc) is 2.81. The molecule has 2 rings (SSSR count). The number of thiazole rings is 1. The van der Waals surface area contributed by atoms with Crippen LogP contribution in [-0.2, 0) is 13.1 Å². The molecule has 3 nitrogen and oxygen atoms in total. The van der Waals surface area contributed by atoms with E-state index < -0.39 is 0 Å². The van der Waals surface area contributed by atoms with Crippen LogP contribution >= 0.6 is 43.2 Å². The molecule has 1 aromatic carbocycles. The van der Waals surface area contributed by atoms with Gasteiger partial charge in [-0.3, -0.25) is 4.98 Å². The van der Waals surface area contributed by atoms with E-state index in [1.54, 1.807) is 18.4 Å². The summed E-state index contributed by atoms with van der Waals surface area (Å²) in [7, 11) is 1.68. The third-order valence-electron chi connectivity index (χ3n) is 2.39. The quantitative estimate of drug-likeness (QED) is 0.837. The molecule has 0 unspecified atom stereocenters. The lowest BCUT2D eigenvalue weighted by Gasteiger charge is -2.11. The van der Waals surface area contributed by atoms with E-state index in [0.29, 0.717) is 0 Å². The molecule has 0 aliphatic rings. The minimum absolute atomic E-state index is 0.749. The normalized spacial score (nSPS) is 10.6. The summed E-state index contributed by atoms with van der Waals surface area (Å²) in [6, 6.07) is 4.04. The number of methoxy groups -OCH3 is 1. The maximum atomic E-state index is 5.40. The Labute approximate surface area is 127 Å². The minimum Gasteiger partial charge on any atom is -0.495 e. The molecular formula is C12H12Br2N2OS. The van der Waals surface area contributed by atoms with E-state index in [4.69, 9.17) is 4.74 Å². The Morgan fingerprint density at radius 1 is 1.33 bits per heavy atom. The fourth-order valence-corrected chi connectivity index (χ4v) is 3.66. The third kappa shape index (κ3) is 3.54. The molecule has 0 amide bonds. The van der Waals surface area contributed by atoms with Crippen LogP contribution in [0.3, 0.4) is 0 Å². The molecular weight excluding hydrogens is 380 g/mol. The highest BCUT2D eigenvalue weighted by molar-refractivity contribution is 9.11. The maximum absolute atomic E-state index is 5.40. The standard InChI is InChI=1S/C12H12Br2N2OS/c1-17-12-8(2-9(13)3-11(12)14)4-15-5-10-6-16-7-18-10/h2-3,6-7,15H,4-5H2,1H3. The molecule has 96 valence electrons. The number of benzene rings is 1. The first-order valence-electron chi connectivity index (χ1n) is 5.30. The Balaban J connectivity index is 2.04. The van der Waals surface area contributed by atoms with Gasteiger partial charge in [-0.05, 0) is 28.1 Å². The Morgan fingerprint density at radius 2 is 2.17 bits per heavy atom. The van der Waals surface area contributed by atoms with Gasteiger partial charge in [0.15, 0.2) is 0 Å². The van der Waals surface area contributed by atoms with Crippen molar-refractivity contribution in [2.45, 2.75) is 13.1 Å². The van der Waals surface area contributed by atoms with Crippen LogP contribution in [0.2, 0.25) is 0 Å². The van der Waals surface area contributed by atoms with Crippen molar-refractivity contribution in [3.05, 3.63) is 43.2 Å². The van der Waals surface area contributed by atoms with Gasteiger partial charge in [-0.25, -0.2) is 0 Å². The Morgan fingerprint density at radius 3 is 2.83 bits per heavy atom. The highest BCUT2D eigenvalue weighted by Crippen LogP contribution is 2.32. The van der Waals surface area contributed by atoms with E-state index in [1.807, 2.05) is 17.8 Å². The van der Waals surface area contributed by atoms with Crippen LogP contribution in [0.25, 0.3) is 0 Å². The largest absolute Gasteiger partial charge is 0.495 e. The van der Waals surface area contributed by atoms with Crippen molar-refractivity contribution in [3.8, 4) is 5.75 Å². The molecule has 6 heteroatoms. The predicted molar refractivity (Wildman–Crippen MR) is 81.1 cm³/mol. The van der Waals surface area contributed by atoms with Crippen molar-refractivity contribution in [2.75, 3.05) is 7.11 Å². The number of hydrogen-bond acceptors (Lipinski definition) is 4. The van der Waals surface area contributed by atoms with E-state index >= 15 is 0 Å². The number of hydrogen-bond donors (Lipinski definition) is 1. The summed E-state index contributed by atoms with van der Waals surface area (Å²) in [6.45, 7) is 1.57. The molecule has 0 fully saturated rings. The molecule has 0 saturated carbocycles. The number of rotatable bonds is 5. The first-order valence-corrected chi connectivity index (χ1v) is 7.77. The minimum atomic E-state index is 0.749. The van der Waals surface area contributed by atoms with Crippen LogP contribution in [0.4, 0.5) is 0 Å². The molecule has 0 saturated heterocycles. The monoisotopic (exact) mass is 390 g/mol. The zero-order chi connectivity index (χ0) is 13.0. The van der Waals surface area contributed by atoms with Crippen molar-refractivity contribution >= 4 is 43.2 Å². The molecule has 2 aromatic rings. The van der Waals surface area contributed by atoms with Crippen molar-refractivity contribution < 1.29 is 4.74 Å². The fourth-order valence-electron chi connectivity index (χ4n) is 1.62. The van der Waals surface area contributed by atoms with Crippen LogP contribution in [-0.4, -0.2) is 12.1 Å². The van der Waals surface area contributed by atoms with Crippen molar-refractivity contribution in [1.29, 1.82) is 0 Å². The third-order valence-corrected chi connectivity index (χ3v) is 4.21. The molecule has 0 aliphatic heterocycles. The van der Waals surface area contributed by atoms with Crippen molar-refractivity contribution in [1.82, 2.24) is 10.3 Å². The maximum Gasteiger partial charge on any atom is 0.137 e. The van der Waals surface area contributed by atoms with Gasteiger partial charge in [0.2, 0.25) is 0 Å². The first kappa shape index (κ1) is 14.0. The lowest BCUT2D eigenvalue weighted by atomic mass is 10.2.